The zero-order valence-electron chi connectivity index (χ0n) is 13.5. The van der Waals surface area contributed by atoms with Gasteiger partial charge in [0, 0.05) is 37.9 Å². The van der Waals surface area contributed by atoms with Crippen LogP contribution in [0.2, 0.25) is 0 Å². The molecule has 3 aromatic rings. The molecule has 24 heavy (non-hydrogen) atoms. The van der Waals surface area contributed by atoms with E-state index in [1.807, 2.05) is 37.3 Å². The molecular formula is C17H18N6O. The Kier molecular flexibility index (Phi) is 3.82. The van der Waals surface area contributed by atoms with E-state index in [1.54, 1.807) is 12.6 Å². The van der Waals surface area contributed by atoms with E-state index >= 15 is 0 Å². The molecule has 0 amide bonds. The molecule has 0 radical (unpaired) electrons. The van der Waals surface area contributed by atoms with Crippen molar-refractivity contribution in [2.24, 2.45) is 0 Å². The third-order valence-corrected chi connectivity index (χ3v) is 4.14. The second-order valence-electron chi connectivity index (χ2n) is 5.75. The molecule has 4 rings (SSSR count). The van der Waals surface area contributed by atoms with Gasteiger partial charge in [-0.25, -0.2) is 9.97 Å². The summed E-state index contributed by atoms with van der Waals surface area (Å²) < 4.78 is 5.34. The van der Waals surface area contributed by atoms with Gasteiger partial charge in [0.05, 0.1) is 6.26 Å². The summed E-state index contributed by atoms with van der Waals surface area (Å²) in [4.78, 5) is 13.0. The highest BCUT2D eigenvalue weighted by atomic mass is 16.3. The number of aryl methyl sites for hydroxylation is 1. The quantitative estimate of drug-likeness (QED) is 0.731. The monoisotopic (exact) mass is 322 g/mol. The first-order valence-corrected chi connectivity index (χ1v) is 7.96. The standard InChI is InChI=1S/C17H18N6O/c1-13-11-17(19-12-18-13)23-8-6-22(7-9-23)16-5-4-14(20-21-16)15-3-2-10-24-15/h2-5,10-12H,6-9H2,1H3. The van der Waals surface area contributed by atoms with Gasteiger partial charge in [0.15, 0.2) is 11.6 Å². The van der Waals surface area contributed by atoms with Gasteiger partial charge in [0.1, 0.15) is 17.8 Å². The number of piperazine rings is 1. The van der Waals surface area contributed by atoms with E-state index in [4.69, 9.17) is 4.42 Å². The van der Waals surface area contributed by atoms with E-state index in [2.05, 4.69) is 30.0 Å². The molecule has 1 saturated heterocycles. The van der Waals surface area contributed by atoms with Gasteiger partial charge in [-0.05, 0) is 31.2 Å². The zero-order chi connectivity index (χ0) is 16.4. The third-order valence-electron chi connectivity index (χ3n) is 4.14. The van der Waals surface area contributed by atoms with Crippen molar-refractivity contribution < 1.29 is 4.42 Å². The average Bonchev–Trinajstić information content (AvgIpc) is 3.17. The minimum atomic E-state index is 0.734. The Morgan fingerprint density at radius 1 is 0.917 bits per heavy atom. The van der Waals surface area contributed by atoms with Crippen LogP contribution in [0.3, 0.4) is 0 Å². The summed E-state index contributed by atoms with van der Waals surface area (Å²) in [7, 11) is 0. The Bertz CT molecular complexity index is 794. The van der Waals surface area contributed by atoms with Gasteiger partial charge < -0.3 is 14.2 Å². The van der Waals surface area contributed by atoms with Crippen LogP contribution in [0.25, 0.3) is 11.5 Å². The van der Waals surface area contributed by atoms with E-state index in [1.165, 1.54) is 0 Å². The summed E-state index contributed by atoms with van der Waals surface area (Å²) in [5.74, 6) is 2.61. The Labute approximate surface area is 140 Å². The van der Waals surface area contributed by atoms with Gasteiger partial charge in [-0.3, -0.25) is 0 Å². The Morgan fingerprint density at radius 2 is 1.71 bits per heavy atom. The number of furan rings is 1. The van der Waals surface area contributed by atoms with Crippen molar-refractivity contribution in [1.29, 1.82) is 0 Å². The van der Waals surface area contributed by atoms with E-state index in [0.29, 0.717) is 0 Å². The number of hydrogen-bond acceptors (Lipinski definition) is 7. The van der Waals surface area contributed by atoms with Crippen molar-refractivity contribution in [3.8, 4) is 11.5 Å². The van der Waals surface area contributed by atoms with Gasteiger partial charge in [0.2, 0.25) is 0 Å². The molecular weight excluding hydrogens is 304 g/mol. The molecule has 1 fully saturated rings. The fourth-order valence-corrected chi connectivity index (χ4v) is 2.83. The molecule has 4 heterocycles. The topological polar surface area (TPSA) is 71.2 Å². The largest absolute Gasteiger partial charge is 0.463 e. The lowest BCUT2D eigenvalue weighted by Gasteiger charge is -2.35. The smallest absolute Gasteiger partial charge is 0.154 e. The number of hydrogen-bond donors (Lipinski definition) is 0. The minimum Gasteiger partial charge on any atom is -0.463 e. The number of nitrogens with zero attached hydrogens (tertiary/aromatic N) is 6. The van der Waals surface area contributed by atoms with Crippen LogP contribution in [-0.4, -0.2) is 46.3 Å². The fourth-order valence-electron chi connectivity index (χ4n) is 2.83. The molecule has 0 bridgehead atoms. The predicted octanol–water partition coefficient (Wildman–Crippen LogP) is 2.16. The van der Waals surface area contributed by atoms with Crippen LogP contribution in [0.5, 0.6) is 0 Å². The first-order chi connectivity index (χ1) is 11.8. The maximum absolute atomic E-state index is 5.34. The average molecular weight is 322 g/mol. The molecule has 0 N–H and O–H groups in total. The predicted molar refractivity (Wildman–Crippen MR) is 90.9 cm³/mol. The molecule has 0 atom stereocenters. The van der Waals surface area contributed by atoms with E-state index < -0.39 is 0 Å². The second kappa shape index (κ2) is 6.27. The highest BCUT2D eigenvalue weighted by molar-refractivity contribution is 5.53. The minimum absolute atomic E-state index is 0.734. The molecule has 3 aromatic heterocycles. The van der Waals surface area contributed by atoms with Crippen LogP contribution in [0, 0.1) is 6.92 Å². The maximum atomic E-state index is 5.34. The van der Waals surface area contributed by atoms with Crippen molar-refractivity contribution in [3.05, 3.63) is 48.6 Å². The third kappa shape index (κ3) is 2.92. The lowest BCUT2D eigenvalue weighted by Crippen LogP contribution is -2.47. The van der Waals surface area contributed by atoms with Gasteiger partial charge >= 0.3 is 0 Å². The normalized spacial score (nSPS) is 14.9. The molecule has 0 saturated carbocycles. The molecule has 7 nitrogen and oxygen atoms in total. The van der Waals surface area contributed by atoms with Gasteiger partial charge in [0.25, 0.3) is 0 Å². The molecule has 122 valence electrons. The summed E-state index contributed by atoms with van der Waals surface area (Å²) in [6.07, 6.45) is 3.26. The van der Waals surface area contributed by atoms with E-state index in [-0.39, 0.29) is 0 Å². The molecule has 1 aliphatic rings. The number of aromatic nitrogens is 4. The highest BCUT2D eigenvalue weighted by Crippen LogP contribution is 2.20. The SMILES string of the molecule is Cc1cc(N2CCN(c3ccc(-c4ccco4)nn3)CC2)ncn1. The lowest BCUT2D eigenvalue weighted by atomic mass is 10.2. The van der Waals surface area contributed by atoms with Crippen molar-refractivity contribution in [2.45, 2.75) is 6.92 Å². The fraction of sp³-hybridized carbons (Fsp3) is 0.294. The Hall–Kier alpha value is -2.96. The van der Waals surface area contributed by atoms with Crippen LogP contribution in [-0.2, 0) is 0 Å². The van der Waals surface area contributed by atoms with Crippen molar-refractivity contribution in [2.75, 3.05) is 36.0 Å². The summed E-state index contributed by atoms with van der Waals surface area (Å²) in [5.41, 5.74) is 1.74. The van der Waals surface area contributed by atoms with Crippen molar-refractivity contribution in [3.63, 3.8) is 0 Å². The molecule has 7 heteroatoms. The molecule has 0 unspecified atom stereocenters. The van der Waals surface area contributed by atoms with Crippen LogP contribution in [0.15, 0.2) is 47.3 Å². The maximum Gasteiger partial charge on any atom is 0.154 e. The van der Waals surface area contributed by atoms with E-state index in [0.717, 1.165) is 55.0 Å². The van der Waals surface area contributed by atoms with Gasteiger partial charge in [-0.2, -0.15) is 0 Å². The number of anilines is 2. The number of rotatable bonds is 3. The molecule has 0 aromatic carbocycles. The van der Waals surface area contributed by atoms with Gasteiger partial charge in [-0.15, -0.1) is 10.2 Å². The van der Waals surface area contributed by atoms with E-state index in [9.17, 15) is 0 Å². The van der Waals surface area contributed by atoms with Crippen LogP contribution in [0.1, 0.15) is 5.69 Å². The summed E-state index contributed by atoms with van der Waals surface area (Å²) in [6, 6.07) is 9.69. The molecule has 0 spiro atoms. The Morgan fingerprint density at radius 3 is 2.33 bits per heavy atom. The van der Waals surface area contributed by atoms with Crippen LogP contribution in [0.4, 0.5) is 11.6 Å². The van der Waals surface area contributed by atoms with Gasteiger partial charge in [-0.1, -0.05) is 0 Å². The second-order valence-corrected chi connectivity index (χ2v) is 5.75. The van der Waals surface area contributed by atoms with Crippen LogP contribution >= 0.6 is 0 Å². The Balaban J connectivity index is 1.42. The highest BCUT2D eigenvalue weighted by Gasteiger charge is 2.19. The first-order valence-electron chi connectivity index (χ1n) is 7.96. The summed E-state index contributed by atoms with van der Waals surface area (Å²) >= 11 is 0. The van der Waals surface area contributed by atoms with Crippen molar-refractivity contribution in [1.82, 2.24) is 20.2 Å². The summed E-state index contributed by atoms with van der Waals surface area (Å²) in [6.45, 7) is 5.56. The molecule has 1 aliphatic heterocycles. The first kappa shape index (κ1) is 14.6. The molecule has 0 aliphatic carbocycles. The van der Waals surface area contributed by atoms with Crippen molar-refractivity contribution >= 4 is 11.6 Å². The zero-order valence-corrected chi connectivity index (χ0v) is 13.5. The van der Waals surface area contributed by atoms with Crippen LogP contribution < -0.4 is 9.80 Å². The summed E-state index contributed by atoms with van der Waals surface area (Å²) in [5, 5.41) is 8.61. The lowest BCUT2D eigenvalue weighted by molar-refractivity contribution is 0.578.